The van der Waals surface area contributed by atoms with Crippen LogP contribution < -0.4 is 20.9 Å². The molecule has 1 aromatic heterocycles. The average Bonchev–Trinajstić information content (AvgIpc) is 2.93. The van der Waals surface area contributed by atoms with Crippen molar-refractivity contribution >= 4 is 23.7 Å². The van der Waals surface area contributed by atoms with Crippen LogP contribution in [-0.2, 0) is 22.4 Å². The number of nitrogens with one attached hydrogen (secondary N) is 3. The molecule has 1 heterocycles. The Morgan fingerprint density at radius 2 is 1.68 bits per heavy atom. The van der Waals surface area contributed by atoms with Crippen molar-refractivity contribution in [2.75, 3.05) is 38.1 Å². The third-order valence-electron chi connectivity index (χ3n) is 5.72. The molecule has 2 amide bonds. The Morgan fingerprint density at radius 3 is 2.20 bits per heavy atom. The van der Waals surface area contributed by atoms with Crippen LogP contribution in [-0.4, -0.2) is 75.8 Å². The third kappa shape index (κ3) is 11.7. The van der Waals surface area contributed by atoms with Gasteiger partial charge in [-0.25, -0.2) is 19.4 Å². The number of carboxylic acids is 2. The fourth-order valence-electron chi connectivity index (χ4n) is 3.64. The van der Waals surface area contributed by atoms with E-state index in [1.54, 1.807) is 18.2 Å². The Kier molecular flexibility index (Phi) is 15.4. The fourth-order valence-corrected chi connectivity index (χ4v) is 3.64. The lowest BCUT2D eigenvalue weighted by Gasteiger charge is -2.18. The Balaban J connectivity index is 0.000000869. The van der Waals surface area contributed by atoms with Crippen molar-refractivity contribution < 1.29 is 29.3 Å². The van der Waals surface area contributed by atoms with E-state index in [9.17, 15) is 19.2 Å². The Morgan fingerprint density at radius 1 is 1.02 bits per heavy atom. The minimum Gasteiger partial charge on any atom is -0.493 e. The van der Waals surface area contributed by atoms with Crippen LogP contribution in [0, 0.1) is 0 Å². The molecule has 2 aromatic rings. The van der Waals surface area contributed by atoms with Gasteiger partial charge in [0.2, 0.25) is 0 Å². The zero-order valence-corrected chi connectivity index (χ0v) is 23.9. The summed E-state index contributed by atoms with van der Waals surface area (Å²) in [6.07, 6.45) is 3.26. The molecule has 0 aliphatic rings. The van der Waals surface area contributed by atoms with Gasteiger partial charge >= 0.3 is 18.0 Å². The number of ether oxygens (including phenoxy) is 1. The normalized spacial score (nSPS) is 10.7. The average molecular weight is 560 g/mol. The molecule has 0 fully saturated rings. The van der Waals surface area contributed by atoms with Gasteiger partial charge in [-0.05, 0) is 50.6 Å². The number of carboxylic acid groups (broad SMARTS) is 2. The van der Waals surface area contributed by atoms with E-state index in [2.05, 4.69) is 34.4 Å². The number of aromatic amines is 1. The highest BCUT2D eigenvalue weighted by Gasteiger charge is 2.15. The van der Waals surface area contributed by atoms with Gasteiger partial charge < -0.3 is 35.5 Å². The highest BCUT2D eigenvalue weighted by atomic mass is 16.5. The van der Waals surface area contributed by atoms with Gasteiger partial charge in [0, 0.05) is 36.5 Å². The van der Waals surface area contributed by atoms with Crippen LogP contribution in [0.1, 0.15) is 52.3 Å². The van der Waals surface area contributed by atoms with Crippen LogP contribution in [0.2, 0.25) is 0 Å². The van der Waals surface area contributed by atoms with Crippen LogP contribution in [0.25, 0.3) is 11.4 Å². The summed E-state index contributed by atoms with van der Waals surface area (Å²) in [6, 6.07) is 5.11. The molecule has 12 heteroatoms. The number of urea groups is 1. The van der Waals surface area contributed by atoms with E-state index in [-0.39, 0.29) is 11.6 Å². The van der Waals surface area contributed by atoms with Gasteiger partial charge in [0.15, 0.2) is 0 Å². The number of rotatable bonds is 14. The van der Waals surface area contributed by atoms with Crippen LogP contribution in [0.15, 0.2) is 35.1 Å². The SMILES string of the molecule is CCCOc1ccc(NC(=O)NCCN(CC)CC)cc1-c1nc(CC)c(CC)c(=O)[nH]1.O=C(O)C=CC(=O)O. The second-order valence-electron chi connectivity index (χ2n) is 8.52. The predicted octanol–water partition coefficient (Wildman–Crippen LogP) is 3.53. The highest BCUT2D eigenvalue weighted by molar-refractivity contribution is 5.90. The zero-order chi connectivity index (χ0) is 30.1. The molecule has 40 heavy (non-hydrogen) atoms. The molecule has 0 aliphatic carbocycles. The van der Waals surface area contributed by atoms with Gasteiger partial charge in [-0.2, -0.15) is 0 Å². The number of aryl methyl sites for hydroxylation is 1. The minimum atomic E-state index is -1.26. The molecule has 220 valence electrons. The van der Waals surface area contributed by atoms with Gasteiger partial charge in [0.05, 0.1) is 17.9 Å². The zero-order valence-electron chi connectivity index (χ0n) is 23.9. The van der Waals surface area contributed by atoms with Gasteiger partial charge in [-0.3, -0.25) is 4.79 Å². The molecule has 0 bridgehead atoms. The first kappa shape index (κ1) is 33.8. The second-order valence-corrected chi connectivity index (χ2v) is 8.52. The number of nitrogens with zero attached hydrogens (tertiary/aromatic N) is 2. The smallest absolute Gasteiger partial charge is 0.328 e. The topological polar surface area (TPSA) is 174 Å². The fraction of sp³-hybridized carbons (Fsp3) is 0.464. The van der Waals surface area contributed by atoms with Crippen molar-refractivity contribution in [2.45, 2.75) is 53.9 Å². The molecular weight excluding hydrogens is 518 g/mol. The molecule has 0 atom stereocenters. The highest BCUT2D eigenvalue weighted by Crippen LogP contribution is 2.31. The van der Waals surface area contributed by atoms with E-state index in [4.69, 9.17) is 19.9 Å². The van der Waals surface area contributed by atoms with Crippen molar-refractivity contribution in [3.05, 3.63) is 52.0 Å². The van der Waals surface area contributed by atoms with Gasteiger partial charge in [0.1, 0.15) is 11.6 Å². The number of aliphatic carboxylic acids is 2. The number of carbonyl (C=O) groups is 3. The number of H-pyrrole nitrogens is 1. The molecule has 12 nitrogen and oxygen atoms in total. The van der Waals surface area contributed by atoms with Crippen molar-refractivity contribution in [2.24, 2.45) is 0 Å². The summed E-state index contributed by atoms with van der Waals surface area (Å²) in [5, 5.41) is 21.4. The summed E-state index contributed by atoms with van der Waals surface area (Å²) < 4.78 is 5.89. The lowest BCUT2D eigenvalue weighted by molar-refractivity contribution is -0.134. The molecule has 1 aromatic carbocycles. The Labute approximate surface area is 234 Å². The number of amides is 2. The quantitative estimate of drug-likeness (QED) is 0.217. The monoisotopic (exact) mass is 559 g/mol. The lowest BCUT2D eigenvalue weighted by atomic mass is 10.1. The molecule has 0 unspecified atom stereocenters. The number of anilines is 1. The summed E-state index contributed by atoms with van der Waals surface area (Å²) >= 11 is 0. The van der Waals surface area contributed by atoms with Crippen LogP contribution in [0.5, 0.6) is 5.75 Å². The van der Waals surface area contributed by atoms with E-state index in [0.717, 1.165) is 31.7 Å². The summed E-state index contributed by atoms with van der Waals surface area (Å²) in [5.41, 5.74) is 2.59. The molecule has 0 radical (unpaired) electrons. The molecule has 5 N–H and O–H groups in total. The second kappa shape index (κ2) is 18.2. The van der Waals surface area contributed by atoms with Gasteiger partial charge in [0.25, 0.3) is 5.56 Å². The maximum absolute atomic E-state index is 12.6. The Hall–Kier alpha value is -4.19. The number of likely N-dealkylation sites (N-methyl/N-ethyl adjacent to an activating group) is 1. The number of aromatic nitrogens is 2. The van der Waals surface area contributed by atoms with Gasteiger partial charge in [-0.1, -0.05) is 34.6 Å². The number of carbonyl (C=O) groups excluding carboxylic acids is 1. The summed E-state index contributed by atoms with van der Waals surface area (Å²) in [7, 11) is 0. The van der Waals surface area contributed by atoms with Crippen LogP contribution in [0.4, 0.5) is 10.5 Å². The lowest BCUT2D eigenvalue weighted by Crippen LogP contribution is -2.36. The molecule has 0 aliphatic heterocycles. The number of benzene rings is 1. The minimum absolute atomic E-state index is 0.136. The van der Waals surface area contributed by atoms with Crippen LogP contribution >= 0.6 is 0 Å². The standard InChI is InChI=1S/C24H37N5O3.C4H4O4/c1-6-15-32-21-12-11-17(26-24(31)25-13-14-29(9-4)10-5)16-19(21)22-27-20(8-3)18(7-2)23(30)28-22;5-3(6)1-2-4(7)8/h11-12,16H,6-10,13-15H2,1-5H3,(H2,25,26,31)(H,27,28,30);1-2H,(H,5,6)(H,7,8). The maximum Gasteiger partial charge on any atom is 0.328 e. The summed E-state index contributed by atoms with van der Waals surface area (Å²) in [6.45, 7) is 14.0. The van der Waals surface area contributed by atoms with E-state index >= 15 is 0 Å². The Bertz CT molecular complexity index is 1190. The van der Waals surface area contributed by atoms with Crippen molar-refractivity contribution in [3.63, 3.8) is 0 Å². The van der Waals surface area contributed by atoms with E-state index in [0.29, 0.717) is 66.5 Å². The van der Waals surface area contributed by atoms with E-state index < -0.39 is 11.9 Å². The van der Waals surface area contributed by atoms with Crippen LogP contribution in [0.3, 0.4) is 0 Å². The van der Waals surface area contributed by atoms with Crippen molar-refractivity contribution in [1.82, 2.24) is 20.2 Å². The summed E-state index contributed by atoms with van der Waals surface area (Å²) in [4.78, 5) is 53.9. The molecule has 0 saturated carbocycles. The first-order chi connectivity index (χ1) is 19.1. The van der Waals surface area contributed by atoms with E-state index in [1.807, 2.05) is 20.8 Å². The third-order valence-corrected chi connectivity index (χ3v) is 5.72. The van der Waals surface area contributed by atoms with Gasteiger partial charge in [-0.15, -0.1) is 0 Å². The molecular formula is C28H41N5O7. The van der Waals surface area contributed by atoms with E-state index in [1.165, 1.54) is 0 Å². The predicted molar refractivity (Wildman–Crippen MR) is 154 cm³/mol. The number of hydrogen-bond acceptors (Lipinski definition) is 7. The molecule has 2 rings (SSSR count). The number of hydrogen-bond donors (Lipinski definition) is 5. The largest absolute Gasteiger partial charge is 0.493 e. The van der Waals surface area contributed by atoms with Crippen molar-refractivity contribution in [3.8, 4) is 17.1 Å². The maximum atomic E-state index is 12.6. The summed E-state index contributed by atoms with van der Waals surface area (Å²) in [5.74, 6) is -1.45. The van der Waals surface area contributed by atoms with Crippen molar-refractivity contribution in [1.29, 1.82) is 0 Å². The first-order valence-electron chi connectivity index (χ1n) is 13.4. The first-order valence-corrected chi connectivity index (χ1v) is 13.4. The molecule has 0 spiro atoms. The molecule has 0 saturated heterocycles.